The number of hydrogen-bond donors (Lipinski definition) is 1. The summed E-state index contributed by atoms with van der Waals surface area (Å²) in [5.74, 6) is -0.655. The molecule has 0 amide bonds. The number of rotatable bonds is 39. The number of unbranched alkanes of at least 4 members (excludes halogenated alkanes) is 29. The minimum Gasteiger partial charge on any atom is -0.481 e. The summed E-state index contributed by atoms with van der Waals surface area (Å²) in [5, 5.41) is 10.8. The van der Waals surface area contributed by atoms with E-state index >= 15 is 0 Å². The molecule has 6 heteroatoms. The van der Waals surface area contributed by atoms with Crippen molar-refractivity contribution < 1.29 is 9.90 Å². The molecule has 1 N–H and O–H groups in total. The van der Waals surface area contributed by atoms with Crippen molar-refractivity contribution in [2.24, 2.45) is 9.98 Å². The predicted octanol–water partition coefficient (Wildman–Crippen LogP) is 15.2. The van der Waals surface area contributed by atoms with E-state index in [0.29, 0.717) is 6.42 Å². The summed E-state index contributed by atoms with van der Waals surface area (Å²) >= 11 is 0. The molecule has 0 atom stereocenters. The van der Waals surface area contributed by atoms with E-state index in [1.165, 1.54) is 199 Å². The first-order chi connectivity index (χ1) is 28.6. The van der Waals surface area contributed by atoms with Crippen molar-refractivity contribution in [2.45, 2.75) is 252 Å². The normalized spacial score (nSPS) is 11.0. The quantitative estimate of drug-likeness (QED) is 0.0684. The molecule has 0 saturated carbocycles. The molecule has 6 nitrogen and oxygen atoms in total. The van der Waals surface area contributed by atoms with Crippen LogP contribution in [0.1, 0.15) is 239 Å². The summed E-state index contributed by atoms with van der Waals surface area (Å²) in [6, 6.07) is 8.71. The number of aryl methyl sites for hydroxylation is 2. The van der Waals surface area contributed by atoms with Gasteiger partial charge in [0.2, 0.25) is 0 Å². The van der Waals surface area contributed by atoms with Crippen LogP contribution in [-0.2, 0) is 17.9 Å². The molecule has 0 aliphatic heterocycles. The number of carbonyl (C=O) groups is 1. The second-order valence-corrected chi connectivity index (χ2v) is 17.1. The molecule has 0 aliphatic rings. The molecule has 0 spiro atoms. The molecule has 0 unspecified atom stereocenters. The van der Waals surface area contributed by atoms with E-state index in [1.807, 2.05) is 0 Å². The maximum atomic E-state index is 10.3. The van der Waals surface area contributed by atoms with Crippen molar-refractivity contribution in [1.29, 1.82) is 0 Å². The molecule has 58 heavy (non-hydrogen) atoms. The lowest BCUT2D eigenvalue weighted by atomic mass is 10.0. The van der Waals surface area contributed by atoms with Crippen LogP contribution < -0.4 is 10.7 Å². The summed E-state index contributed by atoms with van der Waals surface area (Å²) in [6.07, 6.45) is 52.8. The SMILES string of the molecule is CCCCCCCCCCCCCCCC(=O)O.CCCCCCCCN=c1ccn(CCCCCCCCCCn2ccc(=NCCCCCCCC)cc2)cc1. The van der Waals surface area contributed by atoms with Gasteiger partial charge in [-0.05, 0) is 56.4 Å². The molecule has 0 aliphatic carbocycles. The van der Waals surface area contributed by atoms with Gasteiger partial charge in [0.1, 0.15) is 0 Å². The molecule has 0 saturated heterocycles. The minimum absolute atomic E-state index is 0.345. The number of carboxylic acid groups (broad SMARTS) is 1. The molecule has 2 heterocycles. The largest absolute Gasteiger partial charge is 0.481 e. The van der Waals surface area contributed by atoms with E-state index in [-0.39, 0.29) is 0 Å². The Morgan fingerprint density at radius 1 is 0.397 bits per heavy atom. The van der Waals surface area contributed by atoms with Gasteiger partial charge in [0.05, 0.1) is 10.7 Å². The van der Waals surface area contributed by atoms with Crippen LogP contribution in [0.5, 0.6) is 0 Å². The summed E-state index contributed by atoms with van der Waals surface area (Å²) < 4.78 is 4.63. The Hall–Kier alpha value is -2.63. The average molecular weight is 807 g/mol. The third-order valence-electron chi connectivity index (χ3n) is 11.4. The average Bonchev–Trinajstić information content (AvgIpc) is 3.23. The maximum absolute atomic E-state index is 10.3. The number of nitrogens with zero attached hydrogens (tertiary/aromatic N) is 4. The van der Waals surface area contributed by atoms with Crippen molar-refractivity contribution in [3.8, 4) is 0 Å². The van der Waals surface area contributed by atoms with E-state index in [9.17, 15) is 4.79 Å². The molecule has 0 fully saturated rings. The smallest absolute Gasteiger partial charge is 0.303 e. The van der Waals surface area contributed by atoms with E-state index < -0.39 is 5.97 Å². The van der Waals surface area contributed by atoms with Crippen LogP contribution in [0.2, 0.25) is 0 Å². The van der Waals surface area contributed by atoms with Gasteiger partial charge in [-0.2, -0.15) is 0 Å². The predicted molar refractivity (Wildman–Crippen MR) is 251 cm³/mol. The van der Waals surface area contributed by atoms with Gasteiger partial charge in [-0.1, -0.05) is 201 Å². The fraction of sp³-hybridized carbons (Fsp3) is 0.788. The van der Waals surface area contributed by atoms with Gasteiger partial charge in [0, 0.05) is 57.4 Å². The molecule has 334 valence electrons. The maximum Gasteiger partial charge on any atom is 0.303 e. The van der Waals surface area contributed by atoms with E-state index in [4.69, 9.17) is 15.1 Å². The lowest BCUT2D eigenvalue weighted by Gasteiger charge is -2.07. The van der Waals surface area contributed by atoms with Crippen molar-refractivity contribution >= 4 is 5.97 Å². The van der Waals surface area contributed by atoms with Crippen LogP contribution in [-0.4, -0.2) is 33.3 Å². The number of aliphatic carboxylic acids is 1. The fourth-order valence-electron chi connectivity index (χ4n) is 7.55. The highest BCUT2D eigenvalue weighted by Crippen LogP contribution is 2.13. The summed E-state index contributed by atoms with van der Waals surface area (Å²) in [7, 11) is 0. The van der Waals surface area contributed by atoms with Crippen LogP contribution in [0.25, 0.3) is 0 Å². The minimum atomic E-state index is -0.655. The van der Waals surface area contributed by atoms with Gasteiger partial charge in [-0.25, -0.2) is 0 Å². The number of aromatic nitrogens is 2. The Bertz CT molecular complexity index is 1180. The van der Waals surface area contributed by atoms with Gasteiger partial charge in [-0.3, -0.25) is 14.8 Å². The van der Waals surface area contributed by atoms with Gasteiger partial charge >= 0.3 is 5.97 Å². The second-order valence-electron chi connectivity index (χ2n) is 17.1. The van der Waals surface area contributed by atoms with Crippen LogP contribution in [0.15, 0.2) is 59.0 Å². The molecule has 2 aromatic rings. The van der Waals surface area contributed by atoms with Crippen LogP contribution in [0, 0.1) is 0 Å². The topological polar surface area (TPSA) is 71.9 Å². The zero-order valence-electron chi connectivity index (χ0n) is 38.6. The fourth-order valence-corrected chi connectivity index (χ4v) is 7.55. The third-order valence-corrected chi connectivity index (χ3v) is 11.4. The van der Waals surface area contributed by atoms with Crippen LogP contribution >= 0.6 is 0 Å². The second kappa shape index (κ2) is 42.5. The zero-order chi connectivity index (χ0) is 41.8. The van der Waals surface area contributed by atoms with E-state index in [1.54, 1.807) is 0 Å². The Balaban J connectivity index is 0.000000784. The highest BCUT2D eigenvalue weighted by Gasteiger charge is 1.98. The monoisotopic (exact) mass is 807 g/mol. The molecule has 2 rings (SSSR count). The van der Waals surface area contributed by atoms with Crippen molar-refractivity contribution in [1.82, 2.24) is 9.13 Å². The number of carboxylic acids is 1. The van der Waals surface area contributed by atoms with Crippen LogP contribution in [0.3, 0.4) is 0 Å². The molecule has 2 aromatic heterocycles. The Kier molecular flexibility index (Phi) is 39.1. The standard InChI is InChI=1S/C36H62N4.C16H32O2/c1-3-5-7-9-15-19-27-37-35-23-31-39(32-24-35)29-21-17-13-11-12-14-18-22-30-40-33-25-36(26-34-40)38-28-20-16-10-8-6-4-2;1-2-3-4-5-6-7-8-9-10-11-12-13-14-15-16(17)18/h23-26,31-34H,3-22,27-30H2,1-2H3;2-15H2,1H3,(H,17,18). The first kappa shape index (κ1) is 53.4. The van der Waals surface area contributed by atoms with E-state index in [2.05, 4.69) is 79.0 Å². The summed E-state index contributed by atoms with van der Waals surface area (Å²) in [6.45, 7) is 11.0. The van der Waals surface area contributed by atoms with Crippen molar-refractivity contribution in [3.05, 3.63) is 59.8 Å². The molecule has 0 aromatic carbocycles. The number of hydrogen-bond acceptors (Lipinski definition) is 3. The Morgan fingerprint density at radius 2 is 0.655 bits per heavy atom. The summed E-state index contributed by atoms with van der Waals surface area (Å²) in [5.41, 5.74) is 0. The Morgan fingerprint density at radius 3 is 0.948 bits per heavy atom. The molecule has 0 radical (unpaired) electrons. The highest BCUT2D eigenvalue weighted by atomic mass is 16.4. The summed E-state index contributed by atoms with van der Waals surface area (Å²) in [4.78, 5) is 19.8. The van der Waals surface area contributed by atoms with Gasteiger partial charge < -0.3 is 14.2 Å². The third kappa shape index (κ3) is 36.4. The van der Waals surface area contributed by atoms with Gasteiger partial charge in [-0.15, -0.1) is 0 Å². The van der Waals surface area contributed by atoms with Crippen molar-refractivity contribution in [3.63, 3.8) is 0 Å². The van der Waals surface area contributed by atoms with E-state index in [0.717, 1.165) is 49.7 Å². The lowest BCUT2D eigenvalue weighted by molar-refractivity contribution is -0.137. The zero-order valence-corrected chi connectivity index (χ0v) is 38.6. The van der Waals surface area contributed by atoms with Crippen LogP contribution in [0.4, 0.5) is 0 Å². The molecule has 0 bridgehead atoms. The lowest BCUT2D eigenvalue weighted by Crippen LogP contribution is -2.06. The molecular weight excluding hydrogens is 713 g/mol. The highest BCUT2D eigenvalue weighted by molar-refractivity contribution is 5.66. The first-order valence-corrected chi connectivity index (χ1v) is 25.1. The van der Waals surface area contributed by atoms with Gasteiger partial charge in [0.25, 0.3) is 0 Å². The first-order valence-electron chi connectivity index (χ1n) is 25.1. The van der Waals surface area contributed by atoms with Gasteiger partial charge in [0.15, 0.2) is 0 Å². The molecular formula is C52H94N4O2. The van der Waals surface area contributed by atoms with Crippen molar-refractivity contribution in [2.75, 3.05) is 13.1 Å². The Labute approximate surface area is 358 Å². The number of pyridine rings is 2.